The van der Waals surface area contributed by atoms with Crippen molar-refractivity contribution in [2.75, 3.05) is 18.4 Å². The van der Waals surface area contributed by atoms with E-state index < -0.39 is 12.5 Å². The fourth-order valence-electron chi connectivity index (χ4n) is 3.93. The first kappa shape index (κ1) is 20.0. The number of rotatable bonds is 3. The van der Waals surface area contributed by atoms with Crippen LogP contribution in [0.4, 0.5) is 18.9 Å². The van der Waals surface area contributed by atoms with Crippen LogP contribution in [0.15, 0.2) is 49.1 Å². The van der Waals surface area contributed by atoms with Gasteiger partial charge in [-0.15, -0.1) is 13.2 Å². The largest absolute Gasteiger partial charge is 0.573 e. The number of hydrogen-bond donors (Lipinski definition) is 2. The van der Waals surface area contributed by atoms with Gasteiger partial charge < -0.3 is 20.1 Å². The van der Waals surface area contributed by atoms with Crippen molar-refractivity contribution in [3.63, 3.8) is 0 Å². The van der Waals surface area contributed by atoms with Crippen LogP contribution in [0.25, 0.3) is 17.2 Å². The van der Waals surface area contributed by atoms with Gasteiger partial charge in [0.05, 0.1) is 12.6 Å². The number of hydrogen-bond acceptors (Lipinski definition) is 4. The van der Waals surface area contributed by atoms with E-state index in [1.807, 2.05) is 18.2 Å². The number of nitrogens with zero attached hydrogens (tertiary/aromatic N) is 1. The van der Waals surface area contributed by atoms with E-state index in [4.69, 9.17) is 0 Å². The third-order valence-electron chi connectivity index (χ3n) is 5.15. The Kier molecular flexibility index (Phi) is 5.03. The molecule has 8 heteroatoms. The Bertz CT molecular complexity index is 1030. The number of amides is 1. The molecule has 1 unspecified atom stereocenters. The summed E-state index contributed by atoms with van der Waals surface area (Å²) >= 11 is 0. The molecule has 0 bridgehead atoms. The van der Waals surface area contributed by atoms with Crippen molar-refractivity contribution in [1.29, 1.82) is 0 Å². The number of fused-ring (bicyclic) bond motifs is 3. The lowest BCUT2D eigenvalue weighted by molar-refractivity contribution is -0.274. The number of β-amino-alcohol motifs (C(OH)–C–C–N with tert-alkyl or cyclic N) is 1. The van der Waals surface area contributed by atoms with Crippen LogP contribution in [0.2, 0.25) is 0 Å². The lowest BCUT2D eigenvalue weighted by atomic mass is 9.85. The molecule has 5 nitrogen and oxygen atoms in total. The minimum atomic E-state index is -4.75. The molecule has 4 rings (SSSR count). The van der Waals surface area contributed by atoms with E-state index >= 15 is 0 Å². The molecule has 1 atom stereocenters. The fourth-order valence-corrected chi connectivity index (χ4v) is 3.93. The van der Waals surface area contributed by atoms with E-state index in [2.05, 4.69) is 16.6 Å². The summed E-state index contributed by atoms with van der Waals surface area (Å²) in [5.74, 6) is -0.578. The first-order valence-corrected chi connectivity index (χ1v) is 9.32. The molecule has 2 aromatic rings. The molecule has 0 aromatic heterocycles. The molecular weight excluding hydrogens is 397 g/mol. The predicted molar refractivity (Wildman–Crippen MR) is 107 cm³/mol. The van der Waals surface area contributed by atoms with Crippen molar-refractivity contribution in [1.82, 2.24) is 4.90 Å². The van der Waals surface area contributed by atoms with Gasteiger partial charge in [0.25, 0.3) is 0 Å². The van der Waals surface area contributed by atoms with Gasteiger partial charge in [0.1, 0.15) is 5.75 Å². The number of nitrogens with one attached hydrogen (secondary N) is 1. The molecule has 0 saturated heterocycles. The average Bonchev–Trinajstić information content (AvgIpc) is 2.71. The summed E-state index contributed by atoms with van der Waals surface area (Å²) in [6, 6.07) is 7.49. The van der Waals surface area contributed by atoms with Gasteiger partial charge >= 0.3 is 6.36 Å². The molecule has 2 heterocycles. The highest BCUT2D eigenvalue weighted by atomic mass is 19.4. The number of carbonyl (C=O) groups excluding carboxylic acids is 1. The molecule has 0 saturated carbocycles. The van der Waals surface area contributed by atoms with E-state index in [9.17, 15) is 23.1 Å². The third kappa shape index (κ3) is 3.78. The van der Waals surface area contributed by atoms with Gasteiger partial charge in [-0.2, -0.15) is 0 Å². The molecular formula is C22H19F3N2O3. The summed E-state index contributed by atoms with van der Waals surface area (Å²) in [7, 11) is 0. The van der Waals surface area contributed by atoms with Crippen LogP contribution < -0.4 is 10.1 Å². The second-order valence-corrected chi connectivity index (χ2v) is 7.08. The van der Waals surface area contributed by atoms with E-state index in [0.717, 1.165) is 27.9 Å². The monoisotopic (exact) mass is 416 g/mol. The number of carbonyl (C=O) groups is 1. The highest BCUT2D eigenvalue weighted by Crippen LogP contribution is 2.42. The van der Waals surface area contributed by atoms with Crippen LogP contribution in [0, 0.1) is 0 Å². The number of benzene rings is 2. The van der Waals surface area contributed by atoms with Gasteiger partial charge in [-0.3, -0.25) is 4.79 Å². The van der Waals surface area contributed by atoms with Crippen molar-refractivity contribution in [3.8, 4) is 16.9 Å². The second-order valence-electron chi connectivity index (χ2n) is 7.08. The van der Waals surface area contributed by atoms with Crippen molar-refractivity contribution in [2.45, 2.75) is 19.0 Å². The van der Waals surface area contributed by atoms with Crippen molar-refractivity contribution in [3.05, 3.63) is 65.8 Å². The first-order chi connectivity index (χ1) is 14.3. The zero-order valence-corrected chi connectivity index (χ0v) is 15.9. The van der Waals surface area contributed by atoms with Crippen molar-refractivity contribution >= 4 is 17.7 Å². The highest BCUT2D eigenvalue weighted by Gasteiger charge is 2.32. The van der Waals surface area contributed by atoms with Crippen LogP contribution >= 0.6 is 0 Å². The molecule has 2 aromatic carbocycles. The summed E-state index contributed by atoms with van der Waals surface area (Å²) in [5.41, 5.74) is 4.61. The topological polar surface area (TPSA) is 61.8 Å². The molecule has 0 aliphatic carbocycles. The van der Waals surface area contributed by atoms with Gasteiger partial charge in [-0.1, -0.05) is 30.9 Å². The Morgan fingerprint density at radius 3 is 2.70 bits per heavy atom. The zero-order valence-electron chi connectivity index (χ0n) is 15.9. The molecule has 1 amide bonds. The molecule has 2 aliphatic rings. The minimum Gasteiger partial charge on any atom is -0.406 e. The number of halogens is 3. The first-order valence-electron chi connectivity index (χ1n) is 9.32. The van der Waals surface area contributed by atoms with Crippen LogP contribution in [0.5, 0.6) is 5.75 Å². The minimum absolute atomic E-state index is 0.168. The van der Waals surface area contributed by atoms with Gasteiger partial charge in [0, 0.05) is 29.9 Å². The van der Waals surface area contributed by atoms with Gasteiger partial charge in [0.15, 0.2) is 0 Å². The Hall–Kier alpha value is -3.26. The van der Waals surface area contributed by atoms with E-state index in [-0.39, 0.29) is 18.2 Å². The lowest BCUT2D eigenvalue weighted by Crippen LogP contribution is -2.38. The molecule has 0 fully saturated rings. The molecule has 2 N–H and O–H groups in total. The SMILES string of the molecule is C=CC(=O)N1Cc2cc(-c3ccc(OC(F)(F)F)cc3)c3c(c2C(O)C1)C=CCN3. The summed E-state index contributed by atoms with van der Waals surface area (Å²) in [4.78, 5) is 13.6. The Labute approximate surface area is 171 Å². The van der Waals surface area contributed by atoms with Crippen molar-refractivity contribution < 1.29 is 27.8 Å². The summed E-state index contributed by atoms with van der Waals surface area (Å²) in [6.45, 7) is 4.56. The van der Waals surface area contributed by atoms with Crippen LogP contribution in [0.3, 0.4) is 0 Å². The molecule has 0 spiro atoms. The quantitative estimate of drug-likeness (QED) is 0.735. The maximum absolute atomic E-state index is 12.4. The Morgan fingerprint density at radius 1 is 1.30 bits per heavy atom. The second kappa shape index (κ2) is 7.53. The Morgan fingerprint density at radius 2 is 2.03 bits per heavy atom. The standard InChI is InChI=1S/C22H19F3N2O3/c1-2-19(29)27-11-14-10-17(13-5-7-15(8-6-13)30-22(23,24)25)21-16(4-3-9-26-21)20(14)18(28)12-27/h2-8,10,18,26,28H,1,9,11-12H2. The molecule has 0 radical (unpaired) electrons. The normalized spacial score (nSPS) is 17.6. The third-order valence-corrected chi connectivity index (χ3v) is 5.15. The fraction of sp³-hybridized carbons (Fsp3) is 0.227. The number of alkyl halides is 3. The van der Waals surface area contributed by atoms with Crippen LogP contribution in [0.1, 0.15) is 22.8 Å². The Balaban J connectivity index is 1.79. The zero-order chi connectivity index (χ0) is 21.5. The number of anilines is 1. The number of aliphatic hydroxyl groups excluding tert-OH is 1. The smallest absolute Gasteiger partial charge is 0.406 e. The van der Waals surface area contributed by atoms with Crippen LogP contribution in [-0.2, 0) is 11.3 Å². The van der Waals surface area contributed by atoms with E-state index in [1.165, 1.54) is 23.1 Å². The lowest BCUT2D eigenvalue weighted by Gasteiger charge is -2.35. The molecule has 30 heavy (non-hydrogen) atoms. The highest BCUT2D eigenvalue weighted by molar-refractivity contribution is 5.90. The summed E-state index contributed by atoms with van der Waals surface area (Å²) < 4.78 is 41.3. The average molecular weight is 416 g/mol. The number of ether oxygens (including phenoxy) is 1. The molecule has 156 valence electrons. The van der Waals surface area contributed by atoms with E-state index in [0.29, 0.717) is 18.7 Å². The van der Waals surface area contributed by atoms with Gasteiger partial charge in [-0.25, -0.2) is 0 Å². The van der Waals surface area contributed by atoms with Crippen LogP contribution in [-0.4, -0.2) is 35.4 Å². The number of aliphatic hydroxyl groups is 1. The van der Waals surface area contributed by atoms with Gasteiger partial charge in [-0.05, 0) is 41.0 Å². The maximum atomic E-state index is 12.4. The maximum Gasteiger partial charge on any atom is 0.573 e. The van der Waals surface area contributed by atoms with E-state index in [1.54, 1.807) is 12.1 Å². The summed E-state index contributed by atoms with van der Waals surface area (Å²) in [6.07, 6.45) is -0.550. The predicted octanol–water partition coefficient (Wildman–Crippen LogP) is 4.25. The molecule has 2 aliphatic heterocycles. The summed E-state index contributed by atoms with van der Waals surface area (Å²) in [5, 5.41) is 14.0. The van der Waals surface area contributed by atoms with Gasteiger partial charge in [0.2, 0.25) is 5.91 Å². The van der Waals surface area contributed by atoms with Crippen molar-refractivity contribution in [2.24, 2.45) is 0 Å².